The number of hydrogen-bond donors (Lipinski definition) is 1. The Balaban J connectivity index is 2.07. The van der Waals surface area contributed by atoms with Gasteiger partial charge in [-0.05, 0) is 36.8 Å². The lowest BCUT2D eigenvalue weighted by Gasteiger charge is -2.10. The second-order valence-electron chi connectivity index (χ2n) is 4.46. The summed E-state index contributed by atoms with van der Waals surface area (Å²) >= 11 is 0. The molecule has 0 unspecified atom stereocenters. The van der Waals surface area contributed by atoms with Gasteiger partial charge in [0.1, 0.15) is 18.2 Å². The van der Waals surface area contributed by atoms with Crippen LogP contribution in [-0.2, 0) is 6.61 Å². The van der Waals surface area contributed by atoms with Gasteiger partial charge in [0.2, 0.25) is 0 Å². The maximum absolute atomic E-state index is 13.7. The fraction of sp³-hybridized carbons (Fsp3) is 0.188. The fourth-order valence-electron chi connectivity index (χ4n) is 1.83. The van der Waals surface area contributed by atoms with Gasteiger partial charge in [-0.1, -0.05) is 12.1 Å². The molecule has 0 heterocycles. The Hall–Kier alpha value is -2.38. The zero-order valence-corrected chi connectivity index (χ0v) is 11.0. The zero-order chi connectivity index (χ0) is 14.5. The van der Waals surface area contributed by atoms with Crippen molar-refractivity contribution in [3.05, 3.63) is 65.0 Å². The molecule has 0 saturated heterocycles. The lowest BCUT2D eigenvalue weighted by atomic mass is 10.1. The van der Waals surface area contributed by atoms with E-state index in [4.69, 9.17) is 10.00 Å². The third kappa shape index (κ3) is 3.34. The van der Waals surface area contributed by atoms with Crippen LogP contribution in [0, 0.1) is 17.1 Å². The SMILES string of the molecule is C[C@@H](O)c1ccc(OCc2cccc(C#N)c2)cc1F. The molecule has 2 aromatic carbocycles. The number of nitriles is 1. The third-order valence-electron chi connectivity index (χ3n) is 2.88. The molecule has 2 rings (SSSR count). The highest BCUT2D eigenvalue weighted by Crippen LogP contribution is 2.22. The van der Waals surface area contributed by atoms with Gasteiger partial charge in [0.15, 0.2) is 0 Å². The van der Waals surface area contributed by atoms with E-state index in [2.05, 4.69) is 6.07 Å². The number of aliphatic hydroxyl groups excluding tert-OH is 1. The summed E-state index contributed by atoms with van der Waals surface area (Å²) in [5, 5.41) is 18.2. The molecule has 0 aliphatic heterocycles. The van der Waals surface area contributed by atoms with Crippen molar-refractivity contribution in [1.29, 1.82) is 5.26 Å². The Morgan fingerprint density at radius 2 is 2.10 bits per heavy atom. The minimum Gasteiger partial charge on any atom is -0.489 e. The predicted octanol–water partition coefficient (Wildman–Crippen LogP) is 3.33. The molecule has 0 amide bonds. The Morgan fingerprint density at radius 3 is 2.75 bits per heavy atom. The van der Waals surface area contributed by atoms with Crippen molar-refractivity contribution < 1.29 is 14.2 Å². The van der Waals surface area contributed by atoms with Gasteiger partial charge in [0.05, 0.1) is 17.7 Å². The van der Waals surface area contributed by atoms with Gasteiger partial charge in [-0.2, -0.15) is 5.26 Å². The molecule has 0 bridgehead atoms. The van der Waals surface area contributed by atoms with E-state index in [9.17, 15) is 9.50 Å². The molecular formula is C16H14FNO2. The number of nitrogens with zero attached hydrogens (tertiary/aromatic N) is 1. The van der Waals surface area contributed by atoms with E-state index >= 15 is 0 Å². The maximum atomic E-state index is 13.7. The average Bonchev–Trinajstić information content (AvgIpc) is 2.45. The van der Waals surface area contributed by atoms with Crippen molar-refractivity contribution in [3.63, 3.8) is 0 Å². The maximum Gasteiger partial charge on any atom is 0.132 e. The number of ether oxygens (including phenoxy) is 1. The molecule has 0 fully saturated rings. The number of hydrogen-bond acceptors (Lipinski definition) is 3. The number of benzene rings is 2. The molecule has 0 aliphatic carbocycles. The monoisotopic (exact) mass is 271 g/mol. The van der Waals surface area contributed by atoms with Gasteiger partial charge in [0, 0.05) is 11.6 Å². The van der Waals surface area contributed by atoms with Crippen molar-refractivity contribution in [2.45, 2.75) is 19.6 Å². The summed E-state index contributed by atoms with van der Waals surface area (Å²) in [6.45, 7) is 1.76. The lowest BCUT2D eigenvalue weighted by Crippen LogP contribution is -1.99. The van der Waals surface area contributed by atoms with Gasteiger partial charge < -0.3 is 9.84 Å². The van der Waals surface area contributed by atoms with Gasteiger partial charge >= 0.3 is 0 Å². The zero-order valence-electron chi connectivity index (χ0n) is 11.0. The second-order valence-corrected chi connectivity index (χ2v) is 4.46. The van der Waals surface area contributed by atoms with Crippen molar-refractivity contribution in [1.82, 2.24) is 0 Å². The van der Waals surface area contributed by atoms with Crippen LogP contribution in [0.2, 0.25) is 0 Å². The van der Waals surface area contributed by atoms with Crippen LogP contribution >= 0.6 is 0 Å². The highest BCUT2D eigenvalue weighted by molar-refractivity contribution is 5.33. The van der Waals surface area contributed by atoms with Crippen LogP contribution in [0.4, 0.5) is 4.39 Å². The minimum atomic E-state index is -0.851. The lowest BCUT2D eigenvalue weighted by molar-refractivity contribution is 0.194. The molecule has 2 aromatic rings. The normalized spacial score (nSPS) is 11.7. The Labute approximate surface area is 116 Å². The van der Waals surface area contributed by atoms with E-state index in [1.807, 2.05) is 6.07 Å². The van der Waals surface area contributed by atoms with Gasteiger partial charge in [-0.3, -0.25) is 0 Å². The summed E-state index contributed by atoms with van der Waals surface area (Å²) in [7, 11) is 0. The summed E-state index contributed by atoms with van der Waals surface area (Å²) in [6, 6.07) is 13.4. The first-order chi connectivity index (χ1) is 9.60. The molecular weight excluding hydrogens is 257 g/mol. The highest BCUT2D eigenvalue weighted by atomic mass is 19.1. The predicted molar refractivity (Wildman–Crippen MR) is 72.5 cm³/mol. The van der Waals surface area contributed by atoms with E-state index in [0.29, 0.717) is 11.3 Å². The van der Waals surface area contributed by atoms with Gasteiger partial charge in [-0.25, -0.2) is 4.39 Å². The molecule has 1 N–H and O–H groups in total. The summed E-state index contributed by atoms with van der Waals surface area (Å²) in [5.41, 5.74) is 1.63. The largest absolute Gasteiger partial charge is 0.489 e. The van der Waals surface area contributed by atoms with Crippen LogP contribution in [-0.4, -0.2) is 5.11 Å². The van der Waals surface area contributed by atoms with E-state index in [1.54, 1.807) is 24.3 Å². The van der Waals surface area contributed by atoms with Gasteiger partial charge in [0.25, 0.3) is 0 Å². The van der Waals surface area contributed by atoms with Crippen LogP contribution in [0.5, 0.6) is 5.75 Å². The van der Waals surface area contributed by atoms with Gasteiger partial charge in [-0.15, -0.1) is 0 Å². The molecule has 0 aliphatic rings. The Kier molecular flexibility index (Phi) is 4.34. The number of rotatable bonds is 4. The summed E-state index contributed by atoms with van der Waals surface area (Å²) in [4.78, 5) is 0. The first-order valence-electron chi connectivity index (χ1n) is 6.19. The first kappa shape index (κ1) is 14.0. The van der Waals surface area contributed by atoms with Crippen LogP contribution in [0.15, 0.2) is 42.5 Å². The first-order valence-corrected chi connectivity index (χ1v) is 6.19. The van der Waals surface area contributed by atoms with Crippen molar-refractivity contribution in [2.75, 3.05) is 0 Å². The van der Waals surface area contributed by atoms with Crippen LogP contribution in [0.25, 0.3) is 0 Å². The minimum absolute atomic E-state index is 0.240. The third-order valence-corrected chi connectivity index (χ3v) is 2.88. The Bertz CT molecular complexity index is 647. The van der Waals surface area contributed by atoms with Crippen molar-refractivity contribution in [2.24, 2.45) is 0 Å². The molecule has 0 aromatic heterocycles. The highest BCUT2D eigenvalue weighted by Gasteiger charge is 2.09. The molecule has 102 valence electrons. The van der Waals surface area contributed by atoms with E-state index in [1.165, 1.54) is 19.1 Å². The van der Waals surface area contributed by atoms with Crippen LogP contribution < -0.4 is 4.74 Å². The number of halogens is 1. The van der Waals surface area contributed by atoms with E-state index < -0.39 is 11.9 Å². The molecule has 3 nitrogen and oxygen atoms in total. The Morgan fingerprint density at radius 1 is 1.30 bits per heavy atom. The van der Waals surface area contributed by atoms with Crippen LogP contribution in [0.3, 0.4) is 0 Å². The standard InChI is InChI=1S/C16H14FNO2/c1-11(19)15-6-5-14(8-16(15)17)20-10-13-4-2-3-12(7-13)9-18/h2-8,11,19H,10H2,1H3/t11-/m1/s1. The molecule has 0 radical (unpaired) electrons. The summed E-state index contributed by atoms with van der Waals surface area (Å²) in [5.74, 6) is -0.113. The fourth-order valence-corrected chi connectivity index (χ4v) is 1.83. The quantitative estimate of drug-likeness (QED) is 0.928. The van der Waals surface area contributed by atoms with Crippen molar-refractivity contribution in [3.8, 4) is 11.8 Å². The second kappa shape index (κ2) is 6.18. The summed E-state index contributed by atoms with van der Waals surface area (Å²) < 4.78 is 19.1. The smallest absolute Gasteiger partial charge is 0.132 e. The molecule has 4 heteroatoms. The summed E-state index contributed by atoms with van der Waals surface area (Å²) in [6.07, 6.45) is -0.851. The topological polar surface area (TPSA) is 53.2 Å². The molecule has 20 heavy (non-hydrogen) atoms. The average molecular weight is 271 g/mol. The van der Waals surface area contributed by atoms with Crippen molar-refractivity contribution >= 4 is 0 Å². The molecule has 0 spiro atoms. The molecule has 1 atom stereocenters. The van der Waals surface area contributed by atoms with Crippen LogP contribution in [0.1, 0.15) is 29.7 Å². The van der Waals surface area contributed by atoms with E-state index in [0.717, 1.165) is 5.56 Å². The molecule has 0 saturated carbocycles. The van der Waals surface area contributed by atoms with E-state index in [-0.39, 0.29) is 12.2 Å². The number of aliphatic hydroxyl groups is 1.